The molecule has 1 N–H and O–H groups in total. The average molecular weight is 285 g/mol. The molecule has 0 spiro atoms. The third-order valence-corrected chi connectivity index (χ3v) is 4.60. The number of rotatable bonds is 5. The molecule has 0 aliphatic heterocycles. The van der Waals surface area contributed by atoms with Crippen LogP contribution in [0.5, 0.6) is 0 Å². The molecule has 100 valence electrons. The predicted molar refractivity (Wildman–Crippen MR) is 79.4 cm³/mol. The number of halogens is 1. The maximum absolute atomic E-state index is 5.83. The maximum atomic E-state index is 5.83. The van der Waals surface area contributed by atoms with E-state index in [4.69, 9.17) is 11.6 Å². The summed E-state index contributed by atoms with van der Waals surface area (Å²) in [5.41, 5.74) is 0. The average Bonchev–Trinajstić information content (AvgIpc) is 2.40. The lowest BCUT2D eigenvalue weighted by Crippen LogP contribution is -2.35. The highest BCUT2D eigenvalue weighted by Crippen LogP contribution is 2.23. The van der Waals surface area contributed by atoms with Crippen LogP contribution in [0.25, 0.3) is 0 Å². The van der Waals surface area contributed by atoms with Crippen molar-refractivity contribution in [2.24, 2.45) is 0 Å². The Bertz CT molecular complexity index is 349. The van der Waals surface area contributed by atoms with E-state index in [0.29, 0.717) is 10.3 Å². The van der Waals surface area contributed by atoms with Crippen molar-refractivity contribution < 1.29 is 0 Å². The van der Waals surface area contributed by atoms with Crippen molar-refractivity contribution in [3.63, 3.8) is 0 Å². The number of pyridine rings is 1. The monoisotopic (exact) mass is 284 g/mol. The second-order valence-electron chi connectivity index (χ2n) is 4.99. The third-order valence-electron chi connectivity index (χ3n) is 3.32. The van der Waals surface area contributed by atoms with Gasteiger partial charge in [0.15, 0.2) is 0 Å². The zero-order valence-electron chi connectivity index (χ0n) is 10.9. The largest absolute Gasteiger partial charge is 0.313 e. The van der Waals surface area contributed by atoms with E-state index in [1.807, 2.05) is 23.9 Å². The highest BCUT2D eigenvalue weighted by Gasteiger charge is 2.14. The van der Waals surface area contributed by atoms with Gasteiger partial charge in [0, 0.05) is 24.0 Å². The quantitative estimate of drug-likeness (QED) is 0.823. The molecule has 1 aromatic heterocycles. The van der Waals surface area contributed by atoms with Gasteiger partial charge in [0.2, 0.25) is 0 Å². The van der Waals surface area contributed by atoms with Gasteiger partial charge in [0.25, 0.3) is 0 Å². The van der Waals surface area contributed by atoms with Crippen molar-refractivity contribution in [2.45, 2.75) is 55.3 Å². The number of nitrogens with one attached hydrogen (secondary N) is 1. The lowest BCUT2D eigenvalue weighted by atomic mass is 9.95. The van der Waals surface area contributed by atoms with E-state index in [-0.39, 0.29) is 0 Å². The fraction of sp³-hybridized carbons (Fsp3) is 0.643. The molecule has 2 rings (SSSR count). The molecule has 1 heterocycles. The van der Waals surface area contributed by atoms with Crippen LogP contribution in [-0.4, -0.2) is 22.8 Å². The van der Waals surface area contributed by atoms with Gasteiger partial charge < -0.3 is 5.32 Å². The summed E-state index contributed by atoms with van der Waals surface area (Å²) in [5.74, 6) is 0. The number of hydrogen-bond acceptors (Lipinski definition) is 3. The summed E-state index contributed by atoms with van der Waals surface area (Å²) in [5, 5.41) is 5.97. The smallest absolute Gasteiger partial charge is 0.0964 e. The zero-order valence-corrected chi connectivity index (χ0v) is 12.4. The number of nitrogens with zero attached hydrogens (tertiary/aromatic N) is 1. The van der Waals surface area contributed by atoms with Gasteiger partial charge in [0.1, 0.15) is 0 Å². The Kier molecular flexibility index (Phi) is 5.80. The highest BCUT2D eigenvalue weighted by atomic mass is 35.5. The summed E-state index contributed by atoms with van der Waals surface area (Å²) in [6, 6.07) is 4.63. The van der Waals surface area contributed by atoms with E-state index in [0.717, 1.165) is 17.6 Å². The standard InChI is InChI=1S/C14H21ClN2S/c1-11(9-16-13-5-3-2-4-6-13)18-14-8-7-12(15)10-17-14/h7-8,10-11,13,16H,2-6,9H2,1H3. The number of aromatic nitrogens is 1. The first-order chi connectivity index (χ1) is 8.74. The second kappa shape index (κ2) is 7.37. The minimum atomic E-state index is 0.542. The lowest BCUT2D eigenvalue weighted by molar-refractivity contribution is 0.375. The van der Waals surface area contributed by atoms with Gasteiger partial charge in [-0.25, -0.2) is 4.98 Å². The SMILES string of the molecule is CC(CNC1CCCCC1)Sc1ccc(Cl)cn1. The topological polar surface area (TPSA) is 24.9 Å². The third kappa shape index (κ3) is 4.79. The first-order valence-electron chi connectivity index (χ1n) is 6.75. The Morgan fingerprint density at radius 3 is 2.83 bits per heavy atom. The molecule has 0 saturated heterocycles. The summed E-state index contributed by atoms with van der Waals surface area (Å²) in [6.45, 7) is 3.30. The Morgan fingerprint density at radius 1 is 1.39 bits per heavy atom. The Morgan fingerprint density at radius 2 is 2.17 bits per heavy atom. The molecule has 18 heavy (non-hydrogen) atoms. The van der Waals surface area contributed by atoms with Gasteiger partial charge in [-0.1, -0.05) is 37.8 Å². The minimum absolute atomic E-state index is 0.542. The Hall–Kier alpha value is -0.250. The van der Waals surface area contributed by atoms with Crippen LogP contribution in [0, 0.1) is 0 Å². The van der Waals surface area contributed by atoms with Crippen molar-refractivity contribution in [3.05, 3.63) is 23.4 Å². The molecule has 1 fully saturated rings. The van der Waals surface area contributed by atoms with Crippen molar-refractivity contribution in [2.75, 3.05) is 6.54 Å². The molecular formula is C14H21ClN2S. The van der Waals surface area contributed by atoms with Crippen molar-refractivity contribution in [3.8, 4) is 0 Å². The molecule has 0 aromatic carbocycles. The normalized spacial score (nSPS) is 18.8. The van der Waals surface area contributed by atoms with Gasteiger partial charge in [-0.2, -0.15) is 0 Å². The van der Waals surface area contributed by atoms with Crippen molar-refractivity contribution in [1.82, 2.24) is 10.3 Å². The molecule has 0 bridgehead atoms. The van der Waals surface area contributed by atoms with Crippen molar-refractivity contribution in [1.29, 1.82) is 0 Å². The van der Waals surface area contributed by atoms with E-state index in [1.54, 1.807) is 6.20 Å². The summed E-state index contributed by atoms with van der Waals surface area (Å²) < 4.78 is 0. The summed E-state index contributed by atoms with van der Waals surface area (Å²) in [6.07, 6.45) is 8.59. The van der Waals surface area contributed by atoms with E-state index < -0.39 is 0 Å². The van der Waals surface area contributed by atoms with Crippen molar-refractivity contribution >= 4 is 23.4 Å². The summed E-state index contributed by atoms with van der Waals surface area (Å²) in [7, 11) is 0. The van der Waals surface area contributed by atoms with E-state index >= 15 is 0 Å². The van der Waals surface area contributed by atoms with Gasteiger partial charge in [-0.3, -0.25) is 0 Å². The molecule has 2 nitrogen and oxygen atoms in total. The molecule has 4 heteroatoms. The Balaban J connectivity index is 1.71. The second-order valence-corrected chi connectivity index (χ2v) is 6.88. The van der Waals surface area contributed by atoms with Crippen LogP contribution in [0.15, 0.2) is 23.4 Å². The first-order valence-corrected chi connectivity index (χ1v) is 8.01. The molecule has 0 amide bonds. The van der Waals surface area contributed by atoms with Gasteiger partial charge in [-0.05, 0) is 25.0 Å². The molecule has 1 aromatic rings. The first kappa shape index (κ1) is 14.2. The summed E-state index contributed by atoms with van der Waals surface area (Å²) >= 11 is 7.64. The fourth-order valence-electron chi connectivity index (χ4n) is 2.32. The van der Waals surface area contributed by atoms with Gasteiger partial charge in [0.05, 0.1) is 10.0 Å². The van der Waals surface area contributed by atoms with E-state index in [1.165, 1.54) is 32.1 Å². The molecular weight excluding hydrogens is 264 g/mol. The van der Waals surface area contributed by atoms with Gasteiger partial charge in [-0.15, -0.1) is 11.8 Å². The zero-order chi connectivity index (χ0) is 12.8. The number of hydrogen-bond donors (Lipinski definition) is 1. The molecule has 1 aliphatic rings. The van der Waals surface area contributed by atoms with Crippen LogP contribution < -0.4 is 5.32 Å². The predicted octanol–water partition coefficient (Wildman–Crippen LogP) is 4.14. The Labute approximate surface area is 119 Å². The molecule has 1 unspecified atom stereocenters. The van der Waals surface area contributed by atoms with Gasteiger partial charge >= 0.3 is 0 Å². The molecule has 0 radical (unpaired) electrons. The van der Waals surface area contributed by atoms with Crippen LogP contribution in [0.4, 0.5) is 0 Å². The van der Waals surface area contributed by atoms with E-state index in [9.17, 15) is 0 Å². The fourth-order valence-corrected chi connectivity index (χ4v) is 3.28. The van der Waals surface area contributed by atoms with Crippen LogP contribution in [0.1, 0.15) is 39.0 Å². The van der Waals surface area contributed by atoms with Crippen LogP contribution in [0.3, 0.4) is 0 Å². The van der Waals surface area contributed by atoms with Crippen LogP contribution in [-0.2, 0) is 0 Å². The van der Waals surface area contributed by atoms with Crippen LogP contribution >= 0.6 is 23.4 Å². The highest BCUT2D eigenvalue weighted by molar-refractivity contribution is 7.99. The minimum Gasteiger partial charge on any atom is -0.313 e. The number of thioether (sulfide) groups is 1. The van der Waals surface area contributed by atoms with Crippen LogP contribution in [0.2, 0.25) is 5.02 Å². The molecule has 1 atom stereocenters. The summed E-state index contributed by atoms with van der Waals surface area (Å²) in [4.78, 5) is 4.32. The lowest BCUT2D eigenvalue weighted by Gasteiger charge is -2.24. The maximum Gasteiger partial charge on any atom is 0.0964 e. The molecule has 1 aliphatic carbocycles. The van der Waals surface area contributed by atoms with E-state index in [2.05, 4.69) is 17.2 Å². The molecule has 1 saturated carbocycles.